The van der Waals surface area contributed by atoms with E-state index in [-0.39, 0.29) is 0 Å². The van der Waals surface area contributed by atoms with Gasteiger partial charge in [-0.1, -0.05) is 40.3 Å². The molecule has 0 saturated carbocycles. The molecule has 1 aliphatic rings. The van der Waals surface area contributed by atoms with Crippen LogP contribution in [0.1, 0.15) is 5.56 Å². The van der Waals surface area contributed by atoms with E-state index in [0.29, 0.717) is 21.9 Å². The zero-order chi connectivity index (χ0) is 11.1. The fourth-order valence-electron chi connectivity index (χ4n) is 1.44. The van der Waals surface area contributed by atoms with Crippen molar-refractivity contribution in [2.24, 2.45) is 0 Å². The molecule has 15 heavy (non-hydrogen) atoms. The highest BCUT2D eigenvalue weighted by Crippen LogP contribution is 2.25. The van der Waals surface area contributed by atoms with Crippen molar-refractivity contribution in [2.45, 2.75) is 15.7 Å². The average molecular weight is 337 g/mol. The van der Waals surface area contributed by atoms with Gasteiger partial charge in [0.1, 0.15) is 0 Å². The summed E-state index contributed by atoms with van der Waals surface area (Å²) in [6, 6.07) is 7.00. The number of nitrogens with zero attached hydrogens (tertiary/aromatic N) is 1. The van der Waals surface area contributed by atoms with E-state index in [9.17, 15) is 8.42 Å². The Morgan fingerprint density at radius 2 is 1.80 bits per heavy atom. The lowest BCUT2D eigenvalue weighted by Crippen LogP contribution is -2.50. The molecule has 5 heteroatoms. The average Bonchev–Trinajstić information content (AvgIpc) is 2.13. The van der Waals surface area contributed by atoms with Crippen LogP contribution in [-0.4, -0.2) is 29.7 Å². The first-order valence-electron chi connectivity index (χ1n) is 4.71. The van der Waals surface area contributed by atoms with Gasteiger partial charge in [-0.25, -0.2) is 8.42 Å². The van der Waals surface area contributed by atoms with Crippen LogP contribution < -0.4 is 0 Å². The van der Waals surface area contributed by atoms with Gasteiger partial charge in [0.25, 0.3) is 0 Å². The molecule has 0 aliphatic carbocycles. The standard InChI is InChI=1S/C10H12INO2S/c1-8-2-4-10(5-3-8)15(13,14)12-6-9(11)7-12/h2-5,9H,6-7H2,1H3. The minimum atomic E-state index is -3.22. The van der Waals surface area contributed by atoms with Crippen LogP contribution in [0.25, 0.3) is 0 Å². The van der Waals surface area contributed by atoms with E-state index in [1.165, 1.54) is 4.31 Å². The van der Waals surface area contributed by atoms with Gasteiger partial charge in [0.15, 0.2) is 0 Å². The molecule has 0 atom stereocenters. The topological polar surface area (TPSA) is 37.4 Å². The van der Waals surface area contributed by atoms with Gasteiger partial charge in [0, 0.05) is 17.0 Å². The monoisotopic (exact) mass is 337 g/mol. The number of hydrogen-bond donors (Lipinski definition) is 0. The Hall–Kier alpha value is -0.140. The molecule has 0 spiro atoms. The smallest absolute Gasteiger partial charge is 0.207 e. The molecule has 0 amide bonds. The zero-order valence-electron chi connectivity index (χ0n) is 8.35. The van der Waals surface area contributed by atoms with Gasteiger partial charge >= 0.3 is 0 Å². The second-order valence-corrected chi connectivity index (χ2v) is 7.43. The number of aryl methyl sites for hydroxylation is 1. The number of halogens is 1. The van der Waals surface area contributed by atoms with Crippen LogP contribution in [0.3, 0.4) is 0 Å². The third kappa shape index (κ3) is 2.19. The molecule has 1 heterocycles. The molecule has 0 unspecified atom stereocenters. The maximum atomic E-state index is 12.0. The summed E-state index contributed by atoms with van der Waals surface area (Å²) >= 11 is 2.27. The van der Waals surface area contributed by atoms with Crippen molar-refractivity contribution < 1.29 is 8.42 Å². The molecule has 1 aromatic carbocycles. The van der Waals surface area contributed by atoms with Gasteiger partial charge in [-0.15, -0.1) is 0 Å². The van der Waals surface area contributed by atoms with Crippen molar-refractivity contribution in [3.8, 4) is 0 Å². The maximum Gasteiger partial charge on any atom is 0.243 e. The summed E-state index contributed by atoms with van der Waals surface area (Å²) in [5.41, 5.74) is 1.07. The Balaban J connectivity index is 2.26. The number of hydrogen-bond acceptors (Lipinski definition) is 2. The van der Waals surface area contributed by atoms with E-state index in [1.807, 2.05) is 19.1 Å². The van der Waals surface area contributed by atoms with Gasteiger partial charge < -0.3 is 0 Å². The predicted octanol–water partition coefficient (Wildman–Crippen LogP) is 1.80. The normalized spacial score (nSPS) is 18.8. The van der Waals surface area contributed by atoms with Crippen LogP contribution in [0.5, 0.6) is 0 Å². The fourth-order valence-corrected chi connectivity index (χ4v) is 4.46. The number of sulfonamides is 1. The fraction of sp³-hybridized carbons (Fsp3) is 0.400. The van der Waals surface area contributed by atoms with Crippen LogP contribution in [0, 0.1) is 6.92 Å². The zero-order valence-corrected chi connectivity index (χ0v) is 11.3. The van der Waals surface area contributed by atoms with Crippen LogP contribution in [0.2, 0.25) is 0 Å². The molecule has 0 aromatic heterocycles. The summed E-state index contributed by atoms with van der Waals surface area (Å²) < 4.78 is 26.0. The number of benzene rings is 1. The number of rotatable bonds is 2. The van der Waals surface area contributed by atoms with Crippen molar-refractivity contribution in [3.63, 3.8) is 0 Å². The van der Waals surface area contributed by atoms with Gasteiger partial charge in [0.2, 0.25) is 10.0 Å². The summed E-state index contributed by atoms with van der Waals surface area (Å²) in [6.45, 7) is 3.22. The molecular weight excluding hydrogens is 325 g/mol. The van der Waals surface area contributed by atoms with Crippen molar-refractivity contribution in [1.29, 1.82) is 0 Å². The van der Waals surface area contributed by atoms with Crippen molar-refractivity contribution in [1.82, 2.24) is 4.31 Å². The minimum Gasteiger partial charge on any atom is -0.207 e. The molecule has 82 valence electrons. The second-order valence-electron chi connectivity index (χ2n) is 3.73. The summed E-state index contributed by atoms with van der Waals surface area (Å²) in [5.74, 6) is 0. The Labute approximate surface area is 104 Å². The molecule has 1 aromatic rings. The van der Waals surface area contributed by atoms with Gasteiger partial charge in [-0.2, -0.15) is 4.31 Å². The first-order valence-corrected chi connectivity index (χ1v) is 7.39. The molecule has 1 saturated heterocycles. The Morgan fingerprint density at radius 3 is 2.27 bits per heavy atom. The van der Waals surface area contributed by atoms with Gasteiger partial charge in [0.05, 0.1) is 4.90 Å². The molecular formula is C10H12INO2S. The van der Waals surface area contributed by atoms with Crippen LogP contribution in [0.4, 0.5) is 0 Å². The third-order valence-electron chi connectivity index (χ3n) is 2.46. The molecule has 3 nitrogen and oxygen atoms in total. The highest BCUT2D eigenvalue weighted by molar-refractivity contribution is 14.1. The lowest BCUT2D eigenvalue weighted by Gasteiger charge is -2.34. The second kappa shape index (κ2) is 4.03. The van der Waals surface area contributed by atoms with Gasteiger partial charge in [-0.05, 0) is 19.1 Å². The van der Waals surface area contributed by atoms with Crippen LogP contribution in [0.15, 0.2) is 29.2 Å². The lowest BCUT2D eigenvalue weighted by atomic mass is 10.2. The molecule has 1 aliphatic heterocycles. The molecule has 2 rings (SSSR count). The quantitative estimate of drug-likeness (QED) is 0.610. The van der Waals surface area contributed by atoms with E-state index in [2.05, 4.69) is 22.6 Å². The predicted molar refractivity (Wildman–Crippen MR) is 67.7 cm³/mol. The van der Waals surface area contributed by atoms with E-state index in [1.54, 1.807) is 12.1 Å². The third-order valence-corrected chi connectivity index (χ3v) is 5.10. The first-order chi connectivity index (χ1) is 7.00. The van der Waals surface area contributed by atoms with E-state index >= 15 is 0 Å². The van der Waals surface area contributed by atoms with E-state index in [4.69, 9.17) is 0 Å². The summed E-state index contributed by atoms with van der Waals surface area (Å²) in [6.07, 6.45) is 0. The first kappa shape index (κ1) is 11.3. The summed E-state index contributed by atoms with van der Waals surface area (Å²) in [5, 5.41) is 0. The highest BCUT2D eigenvalue weighted by atomic mass is 127. The van der Waals surface area contributed by atoms with Crippen molar-refractivity contribution in [3.05, 3.63) is 29.8 Å². The van der Waals surface area contributed by atoms with Crippen LogP contribution >= 0.6 is 22.6 Å². The van der Waals surface area contributed by atoms with Gasteiger partial charge in [-0.3, -0.25) is 0 Å². The maximum absolute atomic E-state index is 12.0. The largest absolute Gasteiger partial charge is 0.243 e. The highest BCUT2D eigenvalue weighted by Gasteiger charge is 2.34. The molecule has 0 N–H and O–H groups in total. The Kier molecular flexibility index (Phi) is 3.05. The SMILES string of the molecule is Cc1ccc(S(=O)(=O)N2CC(I)C2)cc1. The summed E-state index contributed by atoms with van der Waals surface area (Å²) in [4.78, 5) is 0.399. The van der Waals surface area contributed by atoms with Crippen molar-refractivity contribution >= 4 is 32.6 Å². The Morgan fingerprint density at radius 1 is 1.27 bits per heavy atom. The Bertz CT molecular complexity index is 449. The van der Waals surface area contributed by atoms with Crippen LogP contribution in [-0.2, 0) is 10.0 Å². The molecule has 0 radical (unpaired) electrons. The molecule has 0 bridgehead atoms. The lowest BCUT2D eigenvalue weighted by molar-refractivity contribution is 0.329. The van der Waals surface area contributed by atoms with E-state index in [0.717, 1.165) is 5.56 Å². The molecule has 1 fully saturated rings. The summed E-state index contributed by atoms with van der Waals surface area (Å²) in [7, 11) is -3.22. The van der Waals surface area contributed by atoms with E-state index < -0.39 is 10.0 Å². The van der Waals surface area contributed by atoms with Crippen molar-refractivity contribution in [2.75, 3.05) is 13.1 Å². The number of alkyl halides is 1. The minimum absolute atomic E-state index is 0.399.